The minimum absolute atomic E-state index is 0. The van der Waals surface area contributed by atoms with Crippen molar-refractivity contribution in [3.8, 4) is 0 Å². The van der Waals surface area contributed by atoms with E-state index in [9.17, 15) is 4.79 Å². The van der Waals surface area contributed by atoms with Crippen molar-refractivity contribution in [2.75, 3.05) is 33.7 Å². The summed E-state index contributed by atoms with van der Waals surface area (Å²) >= 11 is 0. The lowest BCUT2D eigenvalue weighted by molar-refractivity contribution is -0.127. The van der Waals surface area contributed by atoms with Gasteiger partial charge in [-0.3, -0.25) is 9.79 Å². The zero-order valence-corrected chi connectivity index (χ0v) is 14.7. The molecule has 0 bridgehead atoms. The number of likely N-dealkylation sites (N-methyl/N-ethyl adjacent to an activating group) is 1. The minimum Gasteiger partial charge on any atom is -0.356 e. The van der Waals surface area contributed by atoms with Crippen molar-refractivity contribution in [2.24, 2.45) is 10.9 Å². The summed E-state index contributed by atoms with van der Waals surface area (Å²) in [6, 6.07) is 10.4. The molecule has 0 saturated carbocycles. The van der Waals surface area contributed by atoms with Crippen LogP contribution in [-0.2, 0) is 4.79 Å². The average molecular weight is 367 g/mol. The Morgan fingerprint density at radius 1 is 1.27 bits per heavy atom. The molecule has 1 fully saturated rings. The summed E-state index contributed by atoms with van der Waals surface area (Å²) in [4.78, 5) is 20.5. The normalized spacial score (nSPS) is 24.3. The molecule has 2 atom stereocenters. The number of hydrogen-bond acceptors (Lipinski definition) is 4. The molecule has 120 valence electrons. The summed E-state index contributed by atoms with van der Waals surface area (Å²) in [5, 5.41) is 3.41. The number of carbonyl (C=O) groups excluding carboxylic acids is 1. The van der Waals surface area contributed by atoms with Gasteiger partial charge in [0.1, 0.15) is 0 Å². The van der Waals surface area contributed by atoms with Gasteiger partial charge in [-0.05, 0) is 5.56 Å². The molecule has 1 amide bonds. The van der Waals surface area contributed by atoms with E-state index in [-0.39, 0.29) is 34.8 Å². The second-order valence-corrected chi connectivity index (χ2v) is 5.83. The second kappa shape index (κ2) is 7.13. The largest absolute Gasteiger partial charge is 0.356 e. The maximum absolute atomic E-state index is 12.1. The molecular weight excluding hydrogens is 344 g/mol. The summed E-state index contributed by atoms with van der Waals surface area (Å²) < 4.78 is 0. The van der Waals surface area contributed by atoms with Crippen molar-refractivity contribution < 1.29 is 4.79 Å². The zero-order valence-electron chi connectivity index (χ0n) is 13.0. The molecule has 5 nitrogen and oxygen atoms in total. The summed E-state index contributed by atoms with van der Waals surface area (Å²) in [6.45, 7) is 2.59. The molecule has 2 aliphatic heterocycles. The molecule has 6 heteroatoms. The number of benzene rings is 1. The standard InChI is InChI=1S/C16H22N4O.BrH/c1-19-9-8-17-16(19)18-11-13-10-14(21)20(2)15(13)12-6-4-3-5-7-12;/h3-7,13,15H,8-11H2,1-2H3,(H,17,18);1H/t13-,15-;/m0./s1. The van der Waals surface area contributed by atoms with Crippen LogP contribution >= 0.6 is 17.0 Å². The third-order valence-corrected chi connectivity index (χ3v) is 4.42. The van der Waals surface area contributed by atoms with E-state index in [0.29, 0.717) is 6.42 Å². The highest BCUT2D eigenvalue weighted by Crippen LogP contribution is 2.36. The van der Waals surface area contributed by atoms with E-state index >= 15 is 0 Å². The number of halogens is 1. The predicted octanol–water partition coefficient (Wildman–Crippen LogP) is 1.67. The van der Waals surface area contributed by atoms with Crippen LogP contribution in [0.3, 0.4) is 0 Å². The van der Waals surface area contributed by atoms with Gasteiger partial charge in [-0.1, -0.05) is 30.3 Å². The second-order valence-electron chi connectivity index (χ2n) is 5.83. The lowest BCUT2D eigenvalue weighted by Gasteiger charge is -2.26. The first-order chi connectivity index (χ1) is 10.2. The van der Waals surface area contributed by atoms with Crippen LogP contribution in [0.25, 0.3) is 0 Å². The molecule has 1 N–H and O–H groups in total. The summed E-state index contributed by atoms with van der Waals surface area (Å²) in [5.41, 5.74) is 1.21. The Hall–Kier alpha value is -1.56. The van der Waals surface area contributed by atoms with Gasteiger partial charge in [0.15, 0.2) is 5.96 Å². The van der Waals surface area contributed by atoms with Crippen molar-refractivity contribution in [1.82, 2.24) is 15.1 Å². The van der Waals surface area contributed by atoms with Crippen LogP contribution in [0.4, 0.5) is 0 Å². The first-order valence-corrected chi connectivity index (χ1v) is 7.47. The molecular formula is C16H23BrN4O. The topological polar surface area (TPSA) is 47.9 Å². The van der Waals surface area contributed by atoms with Crippen LogP contribution in [-0.4, -0.2) is 55.4 Å². The molecule has 0 unspecified atom stereocenters. The summed E-state index contributed by atoms with van der Waals surface area (Å²) in [7, 11) is 3.94. The number of guanidine groups is 1. The Balaban J connectivity index is 0.00000176. The predicted molar refractivity (Wildman–Crippen MR) is 93.3 cm³/mol. The van der Waals surface area contributed by atoms with Crippen LogP contribution < -0.4 is 5.32 Å². The minimum atomic E-state index is 0. The van der Waals surface area contributed by atoms with Crippen LogP contribution in [0.2, 0.25) is 0 Å². The molecule has 2 heterocycles. The highest BCUT2D eigenvalue weighted by Gasteiger charge is 2.38. The quantitative estimate of drug-likeness (QED) is 0.884. The van der Waals surface area contributed by atoms with E-state index in [1.165, 1.54) is 5.56 Å². The lowest BCUT2D eigenvalue weighted by Crippen LogP contribution is -2.39. The molecule has 1 aromatic carbocycles. The van der Waals surface area contributed by atoms with Gasteiger partial charge in [-0.15, -0.1) is 17.0 Å². The Morgan fingerprint density at radius 2 is 2.00 bits per heavy atom. The Kier molecular flexibility index (Phi) is 5.45. The molecule has 0 radical (unpaired) electrons. The van der Waals surface area contributed by atoms with E-state index in [0.717, 1.165) is 25.6 Å². The summed E-state index contributed by atoms with van der Waals surface area (Å²) in [5.74, 6) is 1.45. The van der Waals surface area contributed by atoms with E-state index in [1.54, 1.807) is 0 Å². The summed E-state index contributed by atoms with van der Waals surface area (Å²) in [6.07, 6.45) is 0.597. The number of nitrogens with one attached hydrogen (secondary N) is 1. The highest BCUT2D eigenvalue weighted by molar-refractivity contribution is 8.93. The van der Waals surface area contributed by atoms with Gasteiger partial charge in [-0.2, -0.15) is 0 Å². The van der Waals surface area contributed by atoms with E-state index in [1.807, 2.05) is 37.2 Å². The Labute approximate surface area is 142 Å². The van der Waals surface area contributed by atoms with Crippen molar-refractivity contribution in [3.05, 3.63) is 35.9 Å². The van der Waals surface area contributed by atoms with Gasteiger partial charge in [0.05, 0.1) is 12.6 Å². The molecule has 1 aromatic rings. The van der Waals surface area contributed by atoms with Gasteiger partial charge in [0.25, 0.3) is 0 Å². The molecule has 0 aromatic heterocycles. The van der Waals surface area contributed by atoms with E-state index in [2.05, 4.69) is 27.3 Å². The van der Waals surface area contributed by atoms with Crippen LogP contribution in [0.1, 0.15) is 18.0 Å². The van der Waals surface area contributed by atoms with Crippen molar-refractivity contribution >= 4 is 28.8 Å². The SMILES string of the molecule is Br.CN1CCN=C1NC[C@@H]1CC(=O)N(C)[C@H]1c1ccccc1. The smallest absolute Gasteiger partial charge is 0.223 e. The number of likely N-dealkylation sites (tertiary alicyclic amines) is 1. The molecule has 0 spiro atoms. The fraction of sp³-hybridized carbons (Fsp3) is 0.500. The number of rotatable bonds is 3. The lowest BCUT2D eigenvalue weighted by atomic mass is 9.94. The average Bonchev–Trinajstić information content (AvgIpc) is 3.02. The van der Waals surface area contributed by atoms with Gasteiger partial charge >= 0.3 is 0 Å². The fourth-order valence-electron chi connectivity index (χ4n) is 3.23. The highest BCUT2D eigenvalue weighted by atomic mass is 79.9. The zero-order chi connectivity index (χ0) is 14.8. The number of hydrogen-bond donors (Lipinski definition) is 1. The monoisotopic (exact) mass is 366 g/mol. The first kappa shape index (κ1) is 16.8. The third kappa shape index (κ3) is 3.27. The number of amides is 1. The first-order valence-electron chi connectivity index (χ1n) is 7.47. The van der Waals surface area contributed by atoms with Gasteiger partial charge < -0.3 is 15.1 Å². The van der Waals surface area contributed by atoms with Crippen LogP contribution in [0, 0.1) is 5.92 Å². The third-order valence-electron chi connectivity index (χ3n) is 4.42. The maximum Gasteiger partial charge on any atom is 0.223 e. The molecule has 2 aliphatic rings. The van der Waals surface area contributed by atoms with Gasteiger partial charge in [-0.25, -0.2) is 0 Å². The Bertz CT molecular complexity index is 548. The van der Waals surface area contributed by atoms with E-state index < -0.39 is 0 Å². The molecule has 0 aliphatic carbocycles. The van der Waals surface area contributed by atoms with Gasteiger partial charge in [0.2, 0.25) is 5.91 Å². The fourth-order valence-corrected chi connectivity index (χ4v) is 3.23. The molecule has 1 saturated heterocycles. The van der Waals surface area contributed by atoms with Crippen molar-refractivity contribution in [1.29, 1.82) is 0 Å². The van der Waals surface area contributed by atoms with Crippen LogP contribution in [0.5, 0.6) is 0 Å². The van der Waals surface area contributed by atoms with Crippen molar-refractivity contribution in [3.63, 3.8) is 0 Å². The number of nitrogens with zero attached hydrogens (tertiary/aromatic N) is 3. The van der Waals surface area contributed by atoms with E-state index in [4.69, 9.17) is 0 Å². The maximum atomic E-state index is 12.1. The number of carbonyl (C=O) groups is 1. The Morgan fingerprint density at radius 3 is 2.64 bits per heavy atom. The van der Waals surface area contributed by atoms with Crippen LogP contribution in [0.15, 0.2) is 35.3 Å². The van der Waals surface area contributed by atoms with Gasteiger partial charge in [0, 0.05) is 39.5 Å². The van der Waals surface area contributed by atoms with Crippen molar-refractivity contribution in [2.45, 2.75) is 12.5 Å². The molecule has 22 heavy (non-hydrogen) atoms. The number of aliphatic imine (C=N–C) groups is 1. The molecule has 3 rings (SSSR count).